The number of benzene rings is 2. The van der Waals surface area contributed by atoms with Crippen molar-refractivity contribution in [1.82, 2.24) is 4.68 Å². The van der Waals surface area contributed by atoms with E-state index in [0.29, 0.717) is 5.69 Å². The van der Waals surface area contributed by atoms with Gasteiger partial charge in [0.15, 0.2) is 0 Å². The van der Waals surface area contributed by atoms with Gasteiger partial charge in [-0.25, -0.2) is 9.59 Å². The lowest BCUT2D eigenvalue weighted by Crippen LogP contribution is -2.13. The third-order valence-electron chi connectivity index (χ3n) is 4.12. The average molecular weight is 457 g/mol. The van der Waals surface area contributed by atoms with E-state index in [1.807, 2.05) is 54.6 Å². The predicted molar refractivity (Wildman–Crippen MR) is 115 cm³/mol. The molecule has 0 radical (unpaired) electrons. The lowest BCUT2D eigenvalue weighted by molar-refractivity contribution is 0.0481. The molecule has 0 amide bonds. The molecule has 1 N–H and O–H groups in total. The molecule has 0 saturated carbocycles. The standard InChI is InChI=1S/C22H21BrN2O4/c1-3-28-21(26)18-14-25(24-17-12-10-16(23)11-13-17)20(15-8-6-5-7-9-15)19(18)22(27)29-4-2/h5-14,24H,3-4H2,1-2H3. The van der Waals surface area contributed by atoms with E-state index in [-0.39, 0.29) is 24.3 Å². The van der Waals surface area contributed by atoms with Crippen molar-refractivity contribution in [3.8, 4) is 11.3 Å². The van der Waals surface area contributed by atoms with Crippen molar-refractivity contribution in [1.29, 1.82) is 0 Å². The zero-order chi connectivity index (χ0) is 20.8. The Morgan fingerprint density at radius 1 is 0.931 bits per heavy atom. The van der Waals surface area contributed by atoms with Gasteiger partial charge in [0.05, 0.1) is 30.2 Å². The van der Waals surface area contributed by atoms with Crippen LogP contribution in [-0.2, 0) is 9.47 Å². The maximum Gasteiger partial charge on any atom is 0.341 e. The van der Waals surface area contributed by atoms with Crippen LogP contribution < -0.4 is 5.43 Å². The monoisotopic (exact) mass is 456 g/mol. The Morgan fingerprint density at radius 2 is 1.55 bits per heavy atom. The molecule has 2 aromatic carbocycles. The molecule has 0 aliphatic carbocycles. The molecule has 0 fully saturated rings. The van der Waals surface area contributed by atoms with Gasteiger partial charge < -0.3 is 9.47 Å². The molecule has 0 spiro atoms. The summed E-state index contributed by atoms with van der Waals surface area (Å²) in [5, 5.41) is 0. The SMILES string of the molecule is CCOC(=O)c1cn(Nc2ccc(Br)cc2)c(-c2ccccc2)c1C(=O)OCC. The van der Waals surface area contributed by atoms with Gasteiger partial charge in [0, 0.05) is 16.2 Å². The van der Waals surface area contributed by atoms with Gasteiger partial charge in [0.1, 0.15) is 5.56 Å². The molecular weight excluding hydrogens is 436 g/mol. The maximum atomic E-state index is 12.8. The minimum absolute atomic E-state index is 0.147. The molecule has 0 bridgehead atoms. The van der Waals surface area contributed by atoms with Crippen LogP contribution in [0, 0.1) is 0 Å². The van der Waals surface area contributed by atoms with Crippen molar-refractivity contribution in [3.63, 3.8) is 0 Å². The molecule has 0 unspecified atom stereocenters. The zero-order valence-electron chi connectivity index (χ0n) is 16.1. The number of hydrogen-bond acceptors (Lipinski definition) is 5. The highest BCUT2D eigenvalue weighted by Crippen LogP contribution is 2.30. The van der Waals surface area contributed by atoms with Gasteiger partial charge >= 0.3 is 11.9 Å². The van der Waals surface area contributed by atoms with E-state index in [2.05, 4.69) is 21.4 Å². The first-order valence-electron chi connectivity index (χ1n) is 9.22. The van der Waals surface area contributed by atoms with E-state index in [1.54, 1.807) is 24.7 Å². The van der Waals surface area contributed by atoms with E-state index in [4.69, 9.17) is 9.47 Å². The van der Waals surface area contributed by atoms with Crippen molar-refractivity contribution in [3.05, 3.63) is 76.4 Å². The van der Waals surface area contributed by atoms with Crippen LogP contribution in [0.4, 0.5) is 5.69 Å². The topological polar surface area (TPSA) is 69.6 Å². The van der Waals surface area contributed by atoms with E-state index >= 15 is 0 Å². The first-order chi connectivity index (χ1) is 14.0. The predicted octanol–water partition coefficient (Wildman–Crippen LogP) is 5.15. The zero-order valence-corrected chi connectivity index (χ0v) is 17.7. The number of hydrogen-bond donors (Lipinski definition) is 1. The summed E-state index contributed by atoms with van der Waals surface area (Å²) in [6.45, 7) is 3.84. The van der Waals surface area contributed by atoms with E-state index in [1.165, 1.54) is 0 Å². The molecular formula is C22H21BrN2O4. The molecule has 0 aliphatic heterocycles. The molecule has 3 aromatic rings. The number of aromatic nitrogens is 1. The Hall–Kier alpha value is -3.06. The highest BCUT2D eigenvalue weighted by molar-refractivity contribution is 9.10. The van der Waals surface area contributed by atoms with Crippen LogP contribution in [-0.4, -0.2) is 29.8 Å². The number of nitrogens with one attached hydrogen (secondary N) is 1. The first-order valence-corrected chi connectivity index (χ1v) is 10.0. The third-order valence-corrected chi connectivity index (χ3v) is 4.65. The summed E-state index contributed by atoms with van der Waals surface area (Å²) in [5.74, 6) is -1.16. The number of esters is 2. The maximum absolute atomic E-state index is 12.8. The fourth-order valence-corrected chi connectivity index (χ4v) is 3.18. The second kappa shape index (κ2) is 9.43. The highest BCUT2D eigenvalue weighted by Gasteiger charge is 2.29. The van der Waals surface area contributed by atoms with Gasteiger partial charge in [0.2, 0.25) is 0 Å². The minimum Gasteiger partial charge on any atom is -0.462 e. The summed E-state index contributed by atoms with van der Waals surface area (Å²) in [4.78, 5) is 25.4. The number of carbonyl (C=O) groups excluding carboxylic acids is 2. The fraction of sp³-hybridized carbons (Fsp3) is 0.182. The third kappa shape index (κ3) is 4.68. The van der Waals surface area contributed by atoms with Crippen LogP contribution in [0.5, 0.6) is 0 Å². The Morgan fingerprint density at radius 3 is 2.17 bits per heavy atom. The lowest BCUT2D eigenvalue weighted by atomic mass is 10.0. The molecule has 0 aliphatic rings. The van der Waals surface area contributed by atoms with E-state index < -0.39 is 11.9 Å². The van der Waals surface area contributed by atoms with Crippen LogP contribution in [0.25, 0.3) is 11.3 Å². The first kappa shape index (κ1) is 20.7. The fourth-order valence-electron chi connectivity index (χ4n) is 2.91. The number of nitrogens with zero attached hydrogens (tertiary/aromatic N) is 1. The van der Waals surface area contributed by atoms with Crippen LogP contribution in [0.1, 0.15) is 34.6 Å². The number of anilines is 1. The molecule has 0 atom stereocenters. The second-order valence-electron chi connectivity index (χ2n) is 6.06. The molecule has 29 heavy (non-hydrogen) atoms. The number of carbonyl (C=O) groups is 2. The number of ether oxygens (including phenoxy) is 2. The van der Waals surface area contributed by atoms with Gasteiger partial charge in [-0.15, -0.1) is 0 Å². The van der Waals surface area contributed by atoms with E-state index in [9.17, 15) is 9.59 Å². The van der Waals surface area contributed by atoms with E-state index in [0.717, 1.165) is 15.7 Å². The van der Waals surface area contributed by atoms with Crippen molar-refractivity contribution >= 4 is 33.6 Å². The summed E-state index contributed by atoms with van der Waals surface area (Å²) < 4.78 is 13.0. The van der Waals surface area contributed by atoms with Gasteiger partial charge in [-0.2, -0.15) is 0 Å². The largest absolute Gasteiger partial charge is 0.462 e. The summed E-state index contributed by atoms with van der Waals surface area (Å²) >= 11 is 3.41. The molecule has 150 valence electrons. The molecule has 6 nitrogen and oxygen atoms in total. The minimum atomic E-state index is -0.580. The van der Waals surface area contributed by atoms with Gasteiger partial charge in [0.25, 0.3) is 0 Å². The second-order valence-corrected chi connectivity index (χ2v) is 6.98. The lowest BCUT2D eigenvalue weighted by Gasteiger charge is -2.14. The Balaban J connectivity index is 2.19. The van der Waals surface area contributed by atoms with Crippen molar-refractivity contribution in [2.75, 3.05) is 18.6 Å². The van der Waals surface area contributed by atoms with Crippen LogP contribution in [0.2, 0.25) is 0 Å². The normalized spacial score (nSPS) is 10.4. The van der Waals surface area contributed by atoms with Crippen LogP contribution >= 0.6 is 15.9 Å². The van der Waals surface area contributed by atoms with Crippen molar-refractivity contribution < 1.29 is 19.1 Å². The Labute approximate surface area is 177 Å². The van der Waals surface area contributed by atoms with Crippen molar-refractivity contribution in [2.24, 2.45) is 0 Å². The Kier molecular flexibility index (Phi) is 6.72. The van der Waals surface area contributed by atoms with Gasteiger partial charge in [-0.05, 0) is 38.1 Å². The number of rotatable bonds is 7. The molecule has 1 aromatic heterocycles. The average Bonchev–Trinajstić information content (AvgIpc) is 3.10. The highest BCUT2D eigenvalue weighted by atomic mass is 79.9. The van der Waals surface area contributed by atoms with Crippen LogP contribution in [0.15, 0.2) is 65.3 Å². The number of halogens is 1. The molecule has 7 heteroatoms. The molecule has 0 saturated heterocycles. The van der Waals surface area contributed by atoms with Gasteiger partial charge in [-0.3, -0.25) is 10.1 Å². The van der Waals surface area contributed by atoms with Crippen LogP contribution in [0.3, 0.4) is 0 Å². The van der Waals surface area contributed by atoms with Gasteiger partial charge in [-0.1, -0.05) is 46.3 Å². The summed E-state index contributed by atoms with van der Waals surface area (Å²) in [7, 11) is 0. The molecule has 3 rings (SSSR count). The molecule has 1 heterocycles. The smallest absolute Gasteiger partial charge is 0.341 e. The summed E-state index contributed by atoms with van der Waals surface area (Å²) in [6, 6.07) is 16.9. The summed E-state index contributed by atoms with van der Waals surface area (Å²) in [5.41, 5.74) is 5.61. The summed E-state index contributed by atoms with van der Waals surface area (Å²) in [6.07, 6.45) is 1.56. The Bertz CT molecular complexity index is 998. The quantitative estimate of drug-likeness (QED) is 0.498. The van der Waals surface area contributed by atoms with Crippen molar-refractivity contribution in [2.45, 2.75) is 13.8 Å².